The van der Waals surface area contributed by atoms with Crippen LogP contribution in [0.15, 0.2) is 18.2 Å². The summed E-state index contributed by atoms with van der Waals surface area (Å²) in [5.41, 5.74) is 6.93. The SMILES string of the molecule is CCn1nc(C)c(Cl)c1CC(=O)c1cccc(F)c1N. The van der Waals surface area contributed by atoms with Crippen molar-refractivity contribution in [1.82, 2.24) is 9.78 Å². The minimum atomic E-state index is -0.595. The standard InChI is InChI=1S/C14H15ClFN3O/c1-3-19-11(13(15)8(2)18-19)7-12(20)9-5-4-6-10(16)14(9)17/h4-6H,3,7,17H2,1-2H3. The van der Waals surface area contributed by atoms with E-state index in [-0.39, 0.29) is 23.5 Å². The molecule has 106 valence electrons. The van der Waals surface area contributed by atoms with Crippen molar-refractivity contribution in [2.24, 2.45) is 0 Å². The van der Waals surface area contributed by atoms with Gasteiger partial charge in [0.15, 0.2) is 5.78 Å². The normalized spacial score (nSPS) is 10.8. The van der Waals surface area contributed by atoms with Crippen molar-refractivity contribution >= 4 is 23.1 Å². The molecule has 0 aliphatic heterocycles. The predicted octanol–water partition coefficient (Wildman–Crippen LogP) is 3.01. The first-order valence-electron chi connectivity index (χ1n) is 6.24. The number of ketones is 1. The first-order chi connectivity index (χ1) is 9.45. The molecule has 1 heterocycles. The molecule has 0 fully saturated rings. The minimum Gasteiger partial charge on any atom is -0.396 e. The van der Waals surface area contributed by atoms with E-state index in [2.05, 4.69) is 5.10 Å². The molecule has 0 amide bonds. The van der Waals surface area contributed by atoms with Crippen molar-refractivity contribution < 1.29 is 9.18 Å². The maximum atomic E-state index is 13.4. The number of Topliss-reactive ketones (excluding diaryl/α,β-unsaturated/α-hetero) is 1. The predicted molar refractivity (Wildman–Crippen MR) is 76.5 cm³/mol. The van der Waals surface area contributed by atoms with Crippen LogP contribution in [0.4, 0.5) is 10.1 Å². The summed E-state index contributed by atoms with van der Waals surface area (Å²) in [6.45, 7) is 4.29. The van der Waals surface area contributed by atoms with E-state index in [9.17, 15) is 9.18 Å². The van der Waals surface area contributed by atoms with Crippen LogP contribution >= 0.6 is 11.6 Å². The number of hydrogen-bond donors (Lipinski definition) is 1. The van der Waals surface area contributed by atoms with Gasteiger partial charge in [0, 0.05) is 12.1 Å². The second-order valence-corrected chi connectivity index (χ2v) is 4.84. The molecule has 0 spiro atoms. The van der Waals surface area contributed by atoms with Crippen LogP contribution in [-0.4, -0.2) is 15.6 Å². The monoisotopic (exact) mass is 295 g/mol. The fourth-order valence-electron chi connectivity index (χ4n) is 2.07. The number of carbonyl (C=O) groups is 1. The molecule has 2 rings (SSSR count). The van der Waals surface area contributed by atoms with E-state index in [0.29, 0.717) is 23.0 Å². The summed E-state index contributed by atoms with van der Waals surface area (Å²) in [5, 5.41) is 4.71. The number of aryl methyl sites for hydroxylation is 2. The van der Waals surface area contributed by atoms with E-state index in [1.807, 2.05) is 6.92 Å². The van der Waals surface area contributed by atoms with Gasteiger partial charge >= 0.3 is 0 Å². The number of halogens is 2. The third kappa shape index (κ3) is 2.54. The molecule has 0 saturated carbocycles. The van der Waals surface area contributed by atoms with Gasteiger partial charge in [-0.2, -0.15) is 5.10 Å². The van der Waals surface area contributed by atoms with Gasteiger partial charge in [-0.3, -0.25) is 9.48 Å². The third-order valence-electron chi connectivity index (χ3n) is 3.13. The summed E-state index contributed by atoms with van der Waals surface area (Å²) >= 11 is 6.15. The van der Waals surface area contributed by atoms with Gasteiger partial charge in [-0.1, -0.05) is 17.7 Å². The average molecular weight is 296 g/mol. The van der Waals surface area contributed by atoms with E-state index in [1.165, 1.54) is 18.2 Å². The van der Waals surface area contributed by atoms with E-state index < -0.39 is 5.82 Å². The number of para-hydroxylation sites is 1. The highest BCUT2D eigenvalue weighted by atomic mass is 35.5. The fourth-order valence-corrected chi connectivity index (χ4v) is 2.27. The lowest BCUT2D eigenvalue weighted by atomic mass is 10.0. The first-order valence-corrected chi connectivity index (χ1v) is 6.62. The summed E-state index contributed by atoms with van der Waals surface area (Å²) in [7, 11) is 0. The molecule has 2 N–H and O–H groups in total. The van der Waals surface area contributed by atoms with Crippen LogP contribution in [0.3, 0.4) is 0 Å². The van der Waals surface area contributed by atoms with Crippen LogP contribution in [-0.2, 0) is 13.0 Å². The van der Waals surface area contributed by atoms with E-state index in [0.717, 1.165) is 0 Å². The zero-order valence-electron chi connectivity index (χ0n) is 11.3. The smallest absolute Gasteiger partial charge is 0.171 e. The Bertz CT molecular complexity index is 667. The van der Waals surface area contributed by atoms with Crippen molar-refractivity contribution in [2.75, 3.05) is 5.73 Å². The van der Waals surface area contributed by atoms with Crippen molar-refractivity contribution in [1.29, 1.82) is 0 Å². The Morgan fingerprint density at radius 1 is 1.50 bits per heavy atom. The minimum absolute atomic E-state index is 0.0428. The summed E-state index contributed by atoms with van der Waals surface area (Å²) in [5.74, 6) is -0.874. The second kappa shape index (κ2) is 5.63. The van der Waals surface area contributed by atoms with Crippen LogP contribution in [0.1, 0.15) is 28.7 Å². The fraction of sp³-hybridized carbons (Fsp3) is 0.286. The number of anilines is 1. The van der Waals surface area contributed by atoms with Crippen molar-refractivity contribution in [3.63, 3.8) is 0 Å². The molecule has 4 nitrogen and oxygen atoms in total. The number of nitrogens with zero attached hydrogens (tertiary/aromatic N) is 2. The Morgan fingerprint density at radius 3 is 2.85 bits per heavy atom. The maximum absolute atomic E-state index is 13.4. The highest BCUT2D eigenvalue weighted by molar-refractivity contribution is 6.32. The Balaban J connectivity index is 2.35. The van der Waals surface area contributed by atoms with Crippen LogP contribution in [0.2, 0.25) is 5.02 Å². The van der Waals surface area contributed by atoms with Gasteiger partial charge in [-0.25, -0.2) is 4.39 Å². The van der Waals surface area contributed by atoms with Crippen LogP contribution in [0, 0.1) is 12.7 Å². The molecule has 0 unspecified atom stereocenters. The van der Waals surface area contributed by atoms with E-state index >= 15 is 0 Å². The van der Waals surface area contributed by atoms with Gasteiger partial charge in [0.25, 0.3) is 0 Å². The highest BCUT2D eigenvalue weighted by Gasteiger charge is 2.19. The zero-order valence-corrected chi connectivity index (χ0v) is 12.0. The average Bonchev–Trinajstić information content (AvgIpc) is 2.69. The Hall–Kier alpha value is -1.88. The molecule has 20 heavy (non-hydrogen) atoms. The van der Waals surface area contributed by atoms with Crippen molar-refractivity contribution in [2.45, 2.75) is 26.8 Å². The summed E-state index contributed by atoms with van der Waals surface area (Å²) < 4.78 is 15.1. The third-order valence-corrected chi connectivity index (χ3v) is 3.63. The number of nitrogens with two attached hydrogens (primary N) is 1. The second-order valence-electron chi connectivity index (χ2n) is 4.46. The van der Waals surface area contributed by atoms with Crippen LogP contribution in [0.25, 0.3) is 0 Å². The molecule has 6 heteroatoms. The molecule has 1 aromatic carbocycles. The van der Waals surface area contributed by atoms with Gasteiger partial charge in [0.2, 0.25) is 0 Å². The van der Waals surface area contributed by atoms with Gasteiger partial charge in [0.1, 0.15) is 5.82 Å². The molecule has 0 bridgehead atoms. The topological polar surface area (TPSA) is 60.9 Å². The molecule has 0 radical (unpaired) electrons. The highest BCUT2D eigenvalue weighted by Crippen LogP contribution is 2.24. The van der Waals surface area contributed by atoms with Crippen molar-refractivity contribution in [3.05, 3.63) is 46.0 Å². The summed E-state index contributed by atoms with van der Waals surface area (Å²) in [4.78, 5) is 12.3. The van der Waals surface area contributed by atoms with Gasteiger partial charge < -0.3 is 5.73 Å². The number of carbonyl (C=O) groups excluding carboxylic acids is 1. The van der Waals surface area contributed by atoms with Crippen LogP contribution in [0.5, 0.6) is 0 Å². The number of nitrogen functional groups attached to an aromatic ring is 1. The lowest BCUT2D eigenvalue weighted by molar-refractivity contribution is 0.0991. The molecule has 0 atom stereocenters. The summed E-state index contributed by atoms with van der Waals surface area (Å²) in [6, 6.07) is 4.19. The lowest BCUT2D eigenvalue weighted by Crippen LogP contribution is -2.12. The Labute approximate surface area is 121 Å². The number of aromatic nitrogens is 2. The molecule has 0 saturated heterocycles. The maximum Gasteiger partial charge on any atom is 0.171 e. The molecular weight excluding hydrogens is 281 g/mol. The molecule has 0 aliphatic rings. The molecule has 2 aromatic rings. The Kier molecular flexibility index (Phi) is 4.09. The number of hydrogen-bond acceptors (Lipinski definition) is 3. The molecular formula is C14H15ClFN3O. The van der Waals surface area contributed by atoms with Crippen molar-refractivity contribution in [3.8, 4) is 0 Å². The van der Waals surface area contributed by atoms with Crippen LogP contribution < -0.4 is 5.73 Å². The Morgan fingerprint density at radius 2 is 2.20 bits per heavy atom. The summed E-state index contributed by atoms with van der Waals surface area (Å²) in [6.07, 6.45) is 0.0428. The van der Waals surface area contributed by atoms with Gasteiger partial charge in [-0.05, 0) is 26.0 Å². The lowest BCUT2D eigenvalue weighted by Gasteiger charge is -2.07. The quantitative estimate of drug-likeness (QED) is 0.697. The van der Waals surface area contributed by atoms with E-state index in [4.69, 9.17) is 17.3 Å². The zero-order chi connectivity index (χ0) is 14.9. The molecule has 0 aliphatic carbocycles. The number of rotatable bonds is 4. The van der Waals surface area contributed by atoms with E-state index in [1.54, 1.807) is 11.6 Å². The largest absolute Gasteiger partial charge is 0.396 e. The van der Waals surface area contributed by atoms with Gasteiger partial charge in [-0.15, -0.1) is 0 Å². The molecule has 1 aromatic heterocycles. The van der Waals surface area contributed by atoms with Gasteiger partial charge in [0.05, 0.1) is 28.5 Å². The first kappa shape index (κ1) is 14.5. The number of benzene rings is 1.